The maximum atomic E-state index is 10.9. The van der Waals surface area contributed by atoms with E-state index in [0.717, 1.165) is 5.56 Å². The predicted molar refractivity (Wildman–Crippen MR) is 64.5 cm³/mol. The summed E-state index contributed by atoms with van der Waals surface area (Å²) in [5, 5.41) is 8.96. The minimum Gasteiger partial charge on any atom is -0.487 e. The summed E-state index contributed by atoms with van der Waals surface area (Å²) in [5.41, 5.74) is 1.55. The molecule has 5 nitrogen and oxygen atoms in total. The highest BCUT2D eigenvalue weighted by Crippen LogP contribution is 2.14. The standard InChI is InChI=1S/C13H12N2O3/c1-9-2-4-10(5-3-9)18-7-12-11(13(16)17)6-14-8-15-12/h2-6,8H,7H2,1H3,(H,16,17). The minimum atomic E-state index is -1.06. The highest BCUT2D eigenvalue weighted by Gasteiger charge is 2.11. The number of rotatable bonds is 4. The molecule has 0 aliphatic rings. The van der Waals surface area contributed by atoms with Gasteiger partial charge in [-0.1, -0.05) is 17.7 Å². The van der Waals surface area contributed by atoms with Crippen molar-refractivity contribution in [3.8, 4) is 5.75 Å². The van der Waals surface area contributed by atoms with E-state index in [1.807, 2.05) is 31.2 Å². The molecular formula is C13H12N2O3. The highest BCUT2D eigenvalue weighted by molar-refractivity contribution is 5.88. The lowest BCUT2D eigenvalue weighted by Gasteiger charge is -2.07. The molecule has 0 fully saturated rings. The Morgan fingerprint density at radius 3 is 2.72 bits per heavy atom. The molecule has 0 saturated heterocycles. The largest absolute Gasteiger partial charge is 0.487 e. The van der Waals surface area contributed by atoms with Crippen LogP contribution >= 0.6 is 0 Å². The zero-order valence-electron chi connectivity index (χ0n) is 9.83. The van der Waals surface area contributed by atoms with Crippen molar-refractivity contribution < 1.29 is 14.6 Å². The average Bonchev–Trinajstić information content (AvgIpc) is 2.38. The van der Waals surface area contributed by atoms with Gasteiger partial charge in [-0.05, 0) is 19.1 Å². The molecule has 0 unspecified atom stereocenters. The predicted octanol–water partition coefficient (Wildman–Crippen LogP) is 2.06. The SMILES string of the molecule is Cc1ccc(OCc2ncncc2C(=O)O)cc1. The van der Waals surface area contributed by atoms with E-state index in [0.29, 0.717) is 11.4 Å². The van der Waals surface area contributed by atoms with Crippen LogP contribution in [0, 0.1) is 6.92 Å². The van der Waals surface area contributed by atoms with Crippen LogP contribution in [0.4, 0.5) is 0 Å². The molecule has 18 heavy (non-hydrogen) atoms. The van der Waals surface area contributed by atoms with Crippen molar-refractivity contribution in [3.63, 3.8) is 0 Å². The van der Waals surface area contributed by atoms with Gasteiger partial charge in [-0.3, -0.25) is 0 Å². The number of aryl methyl sites for hydroxylation is 1. The van der Waals surface area contributed by atoms with Gasteiger partial charge in [-0.25, -0.2) is 14.8 Å². The molecule has 0 radical (unpaired) electrons. The molecule has 1 aromatic heterocycles. The average molecular weight is 244 g/mol. The van der Waals surface area contributed by atoms with Crippen molar-refractivity contribution >= 4 is 5.97 Å². The van der Waals surface area contributed by atoms with Gasteiger partial charge < -0.3 is 9.84 Å². The number of hydrogen-bond acceptors (Lipinski definition) is 4. The van der Waals surface area contributed by atoms with Crippen LogP contribution in [-0.4, -0.2) is 21.0 Å². The van der Waals surface area contributed by atoms with Crippen LogP contribution in [0.25, 0.3) is 0 Å². The smallest absolute Gasteiger partial charge is 0.339 e. The summed E-state index contributed by atoms with van der Waals surface area (Å²) >= 11 is 0. The van der Waals surface area contributed by atoms with Crippen LogP contribution in [-0.2, 0) is 6.61 Å². The van der Waals surface area contributed by atoms with Gasteiger partial charge in [0.1, 0.15) is 24.2 Å². The fraction of sp³-hybridized carbons (Fsp3) is 0.154. The number of ether oxygens (including phenoxy) is 1. The Labute approximate surface area is 104 Å². The Balaban J connectivity index is 2.10. The van der Waals surface area contributed by atoms with Crippen LogP contribution in [0.5, 0.6) is 5.75 Å². The first-order chi connectivity index (χ1) is 8.66. The maximum absolute atomic E-state index is 10.9. The van der Waals surface area contributed by atoms with E-state index in [1.54, 1.807) is 0 Å². The van der Waals surface area contributed by atoms with Crippen molar-refractivity contribution in [2.45, 2.75) is 13.5 Å². The van der Waals surface area contributed by atoms with Gasteiger partial charge in [-0.15, -0.1) is 0 Å². The molecule has 0 aliphatic heterocycles. The maximum Gasteiger partial charge on any atom is 0.339 e. The van der Waals surface area contributed by atoms with Crippen LogP contribution in [0.3, 0.4) is 0 Å². The third kappa shape index (κ3) is 2.82. The first-order valence-corrected chi connectivity index (χ1v) is 5.38. The first-order valence-electron chi connectivity index (χ1n) is 5.38. The van der Waals surface area contributed by atoms with Gasteiger partial charge >= 0.3 is 5.97 Å². The lowest BCUT2D eigenvalue weighted by molar-refractivity contribution is 0.0692. The molecule has 0 spiro atoms. The van der Waals surface area contributed by atoms with E-state index in [9.17, 15) is 4.79 Å². The van der Waals surface area contributed by atoms with E-state index in [4.69, 9.17) is 9.84 Å². The second-order valence-electron chi connectivity index (χ2n) is 3.79. The molecule has 1 aromatic carbocycles. The van der Waals surface area contributed by atoms with E-state index in [2.05, 4.69) is 9.97 Å². The number of aromatic nitrogens is 2. The van der Waals surface area contributed by atoms with Gasteiger partial charge in [0.25, 0.3) is 0 Å². The van der Waals surface area contributed by atoms with E-state index in [-0.39, 0.29) is 12.2 Å². The molecular weight excluding hydrogens is 232 g/mol. The number of hydrogen-bond donors (Lipinski definition) is 1. The summed E-state index contributed by atoms with van der Waals surface area (Å²) in [4.78, 5) is 18.5. The normalized spacial score (nSPS) is 10.1. The Kier molecular flexibility index (Phi) is 3.52. The lowest BCUT2D eigenvalue weighted by Crippen LogP contribution is -2.08. The number of carboxylic acids is 1. The Morgan fingerprint density at radius 1 is 1.33 bits per heavy atom. The summed E-state index contributed by atoms with van der Waals surface area (Å²) in [6.45, 7) is 2.09. The fourth-order valence-electron chi connectivity index (χ4n) is 1.43. The molecule has 0 saturated carbocycles. The molecule has 0 atom stereocenters. The first kappa shape index (κ1) is 12.0. The molecule has 0 amide bonds. The zero-order valence-corrected chi connectivity index (χ0v) is 9.83. The zero-order chi connectivity index (χ0) is 13.0. The van der Waals surface area contributed by atoms with Crippen molar-refractivity contribution in [2.24, 2.45) is 0 Å². The summed E-state index contributed by atoms with van der Waals surface area (Å²) in [5.74, 6) is -0.381. The highest BCUT2D eigenvalue weighted by atomic mass is 16.5. The van der Waals surface area contributed by atoms with Gasteiger partial charge in [0, 0.05) is 6.20 Å². The van der Waals surface area contributed by atoms with Crippen LogP contribution in [0.1, 0.15) is 21.6 Å². The number of carboxylic acid groups (broad SMARTS) is 1. The lowest BCUT2D eigenvalue weighted by atomic mass is 10.2. The van der Waals surface area contributed by atoms with Crippen molar-refractivity contribution in [1.29, 1.82) is 0 Å². The Morgan fingerprint density at radius 2 is 2.06 bits per heavy atom. The summed E-state index contributed by atoms with van der Waals surface area (Å²) in [7, 11) is 0. The summed E-state index contributed by atoms with van der Waals surface area (Å²) in [6.07, 6.45) is 2.57. The molecule has 2 aromatic rings. The third-order valence-electron chi connectivity index (χ3n) is 2.42. The molecule has 0 bridgehead atoms. The number of carbonyl (C=O) groups is 1. The second kappa shape index (κ2) is 5.27. The van der Waals surface area contributed by atoms with E-state index in [1.165, 1.54) is 12.5 Å². The quantitative estimate of drug-likeness (QED) is 0.891. The topological polar surface area (TPSA) is 72.3 Å². The Bertz CT molecular complexity index is 552. The molecule has 92 valence electrons. The van der Waals surface area contributed by atoms with Crippen molar-refractivity contribution in [3.05, 3.63) is 53.6 Å². The number of aromatic carboxylic acids is 1. The summed E-state index contributed by atoms with van der Waals surface area (Å²) < 4.78 is 5.48. The van der Waals surface area contributed by atoms with Gasteiger partial charge in [-0.2, -0.15) is 0 Å². The molecule has 2 rings (SSSR count). The molecule has 1 heterocycles. The molecule has 1 N–H and O–H groups in total. The van der Waals surface area contributed by atoms with Gasteiger partial charge in [0.05, 0.1) is 5.69 Å². The van der Waals surface area contributed by atoms with E-state index >= 15 is 0 Å². The summed E-state index contributed by atoms with van der Waals surface area (Å²) in [6, 6.07) is 7.51. The number of benzene rings is 1. The minimum absolute atomic E-state index is 0.0598. The van der Waals surface area contributed by atoms with E-state index < -0.39 is 5.97 Å². The fourth-order valence-corrected chi connectivity index (χ4v) is 1.43. The van der Waals surface area contributed by atoms with Crippen LogP contribution < -0.4 is 4.74 Å². The third-order valence-corrected chi connectivity index (χ3v) is 2.42. The molecule has 5 heteroatoms. The molecule has 0 aliphatic carbocycles. The van der Waals surface area contributed by atoms with Gasteiger partial charge in [0.2, 0.25) is 0 Å². The van der Waals surface area contributed by atoms with Crippen molar-refractivity contribution in [2.75, 3.05) is 0 Å². The second-order valence-corrected chi connectivity index (χ2v) is 3.79. The number of nitrogens with zero attached hydrogens (tertiary/aromatic N) is 2. The monoisotopic (exact) mass is 244 g/mol. The van der Waals surface area contributed by atoms with Crippen LogP contribution in [0.15, 0.2) is 36.8 Å². The Hall–Kier alpha value is -2.43. The van der Waals surface area contributed by atoms with Crippen LogP contribution in [0.2, 0.25) is 0 Å². The van der Waals surface area contributed by atoms with Gasteiger partial charge in [0.15, 0.2) is 0 Å². The van der Waals surface area contributed by atoms with Crippen molar-refractivity contribution in [1.82, 2.24) is 9.97 Å².